The molecule has 6 nitrogen and oxygen atoms in total. The molecule has 1 amide bonds. The molecule has 0 spiro atoms. The third-order valence-corrected chi connectivity index (χ3v) is 7.17. The molecule has 180 valence electrons. The van der Waals surface area contributed by atoms with Crippen LogP contribution in [0.25, 0.3) is 10.8 Å². The minimum Gasteiger partial charge on any atom is -0.480 e. The molecular weight excluding hydrogens is 484 g/mol. The number of nitrogens with one attached hydrogen (secondary N) is 2. The van der Waals surface area contributed by atoms with E-state index in [1.54, 1.807) is 37.3 Å². The second-order valence-electron chi connectivity index (χ2n) is 8.07. The number of fused-ring (bicyclic) bond motifs is 1. The summed E-state index contributed by atoms with van der Waals surface area (Å²) in [6.07, 6.45) is -0.249. The summed E-state index contributed by atoms with van der Waals surface area (Å²) in [7, 11) is -3.83. The molecule has 8 heteroatoms. The van der Waals surface area contributed by atoms with Crippen molar-refractivity contribution in [3.8, 4) is 5.75 Å². The second kappa shape index (κ2) is 10.4. The lowest BCUT2D eigenvalue weighted by atomic mass is 10.1. The number of hydrogen-bond acceptors (Lipinski definition) is 4. The van der Waals surface area contributed by atoms with E-state index in [9.17, 15) is 13.2 Å². The average molecular weight is 509 g/mol. The molecule has 0 aliphatic heterocycles. The molecule has 4 aromatic carbocycles. The first kappa shape index (κ1) is 24.6. The first-order valence-electron chi connectivity index (χ1n) is 11.1. The molecule has 0 saturated heterocycles. The number of carbonyl (C=O) groups excluding carboxylic acids is 1. The Bertz CT molecular complexity index is 1470. The highest BCUT2D eigenvalue weighted by atomic mass is 35.5. The van der Waals surface area contributed by atoms with Gasteiger partial charge in [0.25, 0.3) is 15.9 Å². The van der Waals surface area contributed by atoms with Crippen molar-refractivity contribution >= 4 is 49.7 Å². The summed E-state index contributed by atoms with van der Waals surface area (Å²) in [6.45, 7) is 3.66. The van der Waals surface area contributed by atoms with Crippen LogP contribution < -0.4 is 14.8 Å². The molecule has 0 saturated carbocycles. The third kappa shape index (κ3) is 5.75. The second-order valence-corrected chi connectivity index (χ2v) is 10.2. The molecule has 1 atom stereocenters. The molecule has 0 aliphatic carbocycles. The fraction of sp³-hybridized carbons (Fsp3) is 0.148. The van der Waals surface area contributed by atoms with Crippen LogP contribution in [-0.2, 0) is 14.8 Å². The Morgan fingerprint density at radius 3 is 2.43 bits per heavy atom. The Hall–Kier alpha value is -3.55. The largest absolute Gasteiger partial charge is 0.480 e. The predicted octanol–water partition coefficient (Wildman–Crippen LogP) is 6.40. The Balaban J connectivity index is 1.46. The SMILES string of the molecule is CC[C@H](Oc1cccc2ccccc12)C(=O)Nc1ccc(S(=O)(=O)Nc2cc(Cl)ccc2C)cc1. The molecule has 2 N–H and O–H groups in total. The molecule has 4 rings (SSSR count). The lowest BCUT2D eigenvalue weighted by molar-refractivity contribution is -0.122. The van der Waals surface area contributed by atoms with E-state index < -0.39 is 16.1 Å². The molecule has 0 aliphatic rings. The lowest BCUT2D eigenvalue weighted by Crippen LogP contribution is -2.32. The van der Waals surface area contributed by atoms with E-state index in [4.69, 9.17) is 16.3 Å². The van der Waals surface area contributed by atoms with Crippen LogP contribution in [0, 0.1) is 6.92 Å². The summed E-state index contributed by atoms with van der Waals surface area (Å²) in [5.74, 6) is 0.317. The van der Waals surface area contributed by atoms with Gasteiger partial charge in [-0.15, -0.1) is 0 Å². The number of rotatable bonds is 8. The van der Waals surface area contributed by atoms with Crippen molar-refractivity contribution in [2.75, 3.05) is 10.0 Å². The Labute approximate surface area is 209 Å². The van der Waals surface area contributed by atoms with Crippen LogP contribution in [0.1, 0.15) is 18.9 Å². The number of ether oxygens (including phenoxy) is 1. The van der Waals surface area contributed by atoms with Crippen LogP contribution in [0.4, 0.5) is 11.4 Å². The Morgan fingerprint density at radius 1 is 0.971 bits per heavy atom. The monoisotopic (exact) mass is 508 g/mol. The summed E-state index contributed by atoms with van der Waals surface area (Å²) < 4.78 is 34.2. The maximum absolute atomic E-state index is 12.9. The maximum atomic E-state index is 12.9. The van der Waals surface area contributed by atoms with Gasteiger partial charge >= 0.3 is 0 Å². The molecule has 0 fully saturated rings. The zero-order valence-electron chi connectivity index (χ0n) is 19.3. The summed E-state index contributed by atoms with van der Waals surface area (Å²) in [4.78, 5) is 13.0. The van der Waals surface area contributed by atoms with Crippen LogP contribution in [0.5, 0.6) is 5.75 Å². The highest BCUT2D eigenvalue weighted by Gasteiger charge is 2.20. The van der Waals surface area contributed by atoms with Crippen LogP contribution >= 0.6 is 11.6 Å². The van der Waals surface area contributed by atoms with E-state index in [1.807, 2.05) is 49.4 Å². The van der Waals surface area contributed by atoms with E-state index >= 15 is 0 Å². The summed E-state index contributed by atoms with van der Waals surface area (Å²) >= 11 is 5.99. The van der Waals surface area contributed by atoms with Gasteiger partial charge in [0.05, 0.1) is 10.6 Å². The van der Waals surface area contributed by atoms with Crippen molar-refractivity contribution in [1.29, 1.82) is 0 Å². The van der Waals surface area contributed by atoms with Crippen molar-refractivity contribution in [1.82, 2.24) is 0 Å². The minimum atomic E-state index is -3.83. The van der Waals surface area contributed by atoms with Crippen LogP contribution in [0.15, 0.2) is 89.8 Å². The number of benzene rings is 4. The predicted molar refractivity (Wildman–Crippen MR) is 141 cm³/mol. The van der Waals surface area contributed by atoms with Gasteiger partial charge in [-0.05, 0) is 66.8 Å². The van der Waals surface area contributed by atoms with E-state index in [0.717, 1.165) is 16.3 Å². The van der Waals surface area contributed by atoms with Gasteiger partial charge < -0.3 is 10.1 Å². The first-order chi connectivity index (χ1) is 16.8. The van der Waals surface area contributed by atoms with Gasteiger partial charge in [-0.2, -0.15) is 0 Å². The van der Waals surface area contributed by atoms with Crippen molar-refractivity contribution in [2.45, 2.75) is 31.3 Å². The number of anilines is 2. The number of aryl methyl sites for hydroxylation is 1. The first-order valence-corrected chi connectivity index (χ1v) is 13.0. The van der Waals surface area contributed by atoms with E-state index in [0.29, 0.717) is 28.6 Å². The fourth-order valence-electron chi connectivity index (χ4n) is 3.62. The highest BCUT2D eigenvalue weighted by Crippen LogP contribution is 2.27. The zero-order valence-corrected chi connectivity index (χ0v) is 20.9. The number of hydrogen-bond donors (Lipinski definition) is 2. The standard InChI is InChI=1S/C27H25ClN2O4S/c1-3-25(34-26-10-6-8-19-7-4-5-9-23(19)26)27(31)29-21-13-15-22(16-14-21)35(32,33)30-24-17-20(28)12-11-18(24)2/h4-17,25,30H,3H2,1-2H3,(H,29,31)/t25-/m0/s1. The van der Waals surface area contributed by atoms with Gasteiger partial charge in [0.2, 0.25) is 0 Å². The number of carbonyl (C=O) groups is 1. The van der Waals surface area contributed by atoms with Crippen molar-refractivity contribution in [3.05, 3.63) is 95.5 Å². The lowest BCUT2D eigenvalue weighted by Gasteiger charge is -2.19. The molecule has 35 heavy (non-hydrogen) atoms. The normalized spacial score (nSPS) is 12.2. The van der Waals surface area contributed by atoms with Gasteiger partial charge in [-0.25, -0.2) is 8.42 Å². The average Bonchev–Trinajstić information content (AvgIpc) is 2.85. The molecule has 0 radical (unpaired) electrons. The van der Waals surface area contributed by atoms with Gasteiger partial charge in [0, 0.05) is 16.1 Å². The van der Waals surface area contributed by atoms with Crippen LogP contribution in [0.3, 0.4) is 0 Å². The van der Waals surface area contributed by atoms with E-state index in [1.165, 1.54) is 12.1 Å². The quantitative estimate of drug-likeness (QED) is 0.288. The van der Waals surface area contributed by atoms with Gasteiger partial charge in [-0.1, -0.05) is 61.0 Å². The molecule has 4 aromatic rings. The summed E-state index contributed by atoms with van der Waals surface area (Å²) in [6, 6.07) is 24.5. The van der Waals surface area contributed by atoms with Gasteiger partial charge in [0.15, 0.2) is 6.10 Å². The molecular formula is C27H25ClN2O4S. The van der Waals surface area contributed by atoms with E-state index in [-0.39, 0.29) is 10.8 Å². The number of sulfonamides is 1. The molecule has 0 aromatic heterocycles. The fourth-order valence-corrected chi connectivity index (χ4v) is 4.92. The van der Waals surface area contributed by atoms with Crippen LogP contribution in [0.2, 0.25) is 5.02 Å². The van der Waals surface area contributed by atoms with Crippen LogP contribution in [-0.4, -0.2) is 20.4 Å². The zero-order chi connectivity index (χ0) is 25.0. The highest BCUT2D eigenvalue weighted by molar-refractivity contribution is 7.92. The minimum absolute atomic E-state index is 0.0638. The van der Waals surface area contributed by atoms with Gasteiger partial charge in [0.1, 0.15) is 5.75 Å². The molecule has 0 unspecified atom stereocenters. The summed E-state index contributed by atoms with van der Waals surface area (Å²) in [5, 5.41) is 5.20. The Morgan fingerprint density at radius 2 is 1.69 bits per heavy atom. The third-order valence-electron chi connectivity index (χ3n) is 5.56. The topological polar surface area (TPSA) is 84.5 Å². The van der Waals surface area contributed by atoms with Crippen molar-refractivity contribution in [3.63, 3.8) is 0 Å². The maximum Gasteiger partial charge on any atom is 0.265 e. The van der Waals surface area contributed by atoms with Crippen molar-refractivity contribution in [2.24, 2.45) is 0 Å². The molecule has 0 bridgehead atoms. The van der Waals surface area contributed by atoms with Gasteiger partial charge in [-0.3, -0.25) is 9.52 Å². The number of halogens is 1. The summed E-state index contributed by atoms with van der Waals surface area (Å²) in [5.41, 5.74) is 1.62. The van der Waals surface area contributed by atoms with Crippen molar-refractivity contribution < 1.29 is 17.9 Å². The number of amides is 1. The Kier molecular flexibility index (Phi) is 7.28. The molecule has 0 heterocycles. The smallest absolute Gasteiger partial charge is 0.265 e. The van der Waals surface area contributed by atoms with E-state index in [2.05, 4.69) is 10.0 Å².